The molecule has 1 heterocycles. The molecule has 2 aromatic rings. The lowest BCUT2D eigenvalue weighted by Crippen LogP contribution is -1.93. The number of rotatable bonds is 2. The van der Waals surface area contributed by atoms with Crippen LogP contribution in [0.3, 0.4) is 0 Å². The fourth-order valence-corrected chi connectivity index (χ4v) is 6.29. The van der Waals surface area contributed by atoms with Crippen LogP contribution in [0, 0.1) is 0 Å². The Labute approximate surface area is 119 Å². The number of methoxy groups -OCH3 is 1. The van der Waals surface area contributed by atoms with E-state index in [1.165, 1.54) is 15.4 Å². The normalized spacial score (nSPS) is 18.2. The van der Waals surface area contributed by atoms with E-state index in [9.17, 15) is 0 Å². The lowest BCUT2D eigenvalue weighted by molar-refractivity contribution is 0.414. The zero-order chi connectivity index (χ0) is 12.4. The van der Waals surface area contributed by atoms with Gasteiger partial charge in [-0.2, -0.15) is 0 Å². The second-order valence-corrected chi connectivity index (χ2v) is 7.64. The van der Waals surface area contributed by atoms with E-state index >= 15 is 0 Å². The summed E-state index contributed by atoms with van der Waals surface area (Å²) in [6.45, 7) is 0. The van der Waals surface area contributed by atoms with E-state index in [1.54, 1.807) is 7.11 Å². The second-order valence-electron chi connectivity index (χ2n) is 3.85. The van der Waals surface area contributed by atoms with E-state index in [-0.39, 0.29) is 0 Å². The van der Waals surface area contributed by atoms with Crippen molar-refractivity contribution < 1.29 is 4.74 Å². The number of hydrogen-bond donors (Lipinski definition) is 0. The maximum atomic E-state index is 5.19. The molecule has 0 amide bonds. The van der Waals surface area contributed by atoms with Crippen LogP contribution in [-0.4, -0.2) is 7.11 Å². The molecule has 2 aromatic carbocycles. The summed E-state index contributed by atoms with van der Waals surface area (Å²) in [6.07, 6.45) is 0. The van der Waals surface area contributed by atoms with Crippen molar-refractivity contribution in [1.29, 1.82) is 0 Å². The molecule has 18 heavy (non-hydrogen) atoms. The molecule has 0 aliphatic carbocycles. The molecule has 0 radical (unpaired) electrons. The topological polar surface area (TPSA) is 9.23 Å². The van der Waals surface area contributed by atoms with Gasteiger partial charge < -0.3 is 4.74 Å². The molecular formula is C14H12OS3. The highest BCUT2D eigenvalue weighted by molar-refractivity contribution is 8.78. The minimum Gasteiger partial charge on any atom is -0.497 e. The minimum atomic E-state index is 0.454. The van der Waals surface area contributed by atoms with Crippen molar-refractivity contribution in [3.05, 3.63) is 54.1 Å². The van der Waals surface area contributed by atoms with Gasteiger partial charge in [0.05, 0.1) is 11.7 Å². The zero-order valence-electron chi connectivity index (χ0n) is 9.83. The Morgan fingerprint density at radius 2 is 1.67 bits per heavy atom. The van der Waals surface area contributed by atoms with E-state index in [0.717, 1.165) is 5.75 Å². The number of benzene rings is 2. The predicted octanol–water partition coefficient (Wildman–Crippen LogP) is 5.24. The molecule has 0 bridgehead atoms. The molecule has 1 atom stereocenters. The number of hydrogen-bond acceptors (Lipinski definition) is 4. The average Bonchev–Trinajstić information content (AvgIpc) is 2.47. The molecule has 1 aliphatic heterocycles. The molecule has 0 aromatic heterocycles. The molecule has 1 aliphatic rings. The summed E-state index contributed by atoms with van der Waals surface area (Å²) in [7, 11) is 5.48. The van der Waals surface area contributed by atoms with Gasteiger partial charge >= 0.3 is 0 Å². The van der Waals surface area contributed by atoms with Crippen LogP contribution in [0.1, 0.15) is 10.1 Å². The van der Waals surface area contributed by atoms with Crippen LogP contribution in [0.5, 0.6) is 5.75 Å². The maximum Gasteiger partial charge on any atom is 0.118 e. The minimum absolute atomic E-state index is 0.454. The monoisotopic (exact) mass is 292 g/mol. The van der Waals surface area contributed by atoms with Gasteiger partial charge in [-0.15, -0.1) is 11.8 Å². The third kappa shape index (κ3) is 2.51. The van der Waals surface area contributed by atoms with Crippen molar-refractivity contribution in [1.82, 2.24) is 0 Å². The Bertz CT molecular complexity index is 539. The van der Waals surface area contributed by atoms with Crippen molar-refractivity contribution in [3.63, 3.8) is 0 Å². The average molecular weight is 292 g/mol. The van der Waals surface area contributed by atoms with Crippen molar-refractivity contribution in [3.8, 4) is 5.75 Å². The largest absolute Gasteiger partial charge is 0.497 e. The van der Waals surface area contributed by atoms with Crippen molar-refractivity contribution in [2.45, 2.75) is 14.4 Å². The zero-order valence-corrected chi connectivity index (χ0v) is 12.3. The van der Waals surface area contributed by atoms with Crippen molar-refractivity contribution >= 4 is 33.3 Å². The van der Waals surface area contributed by atoms with Crippen LogP contribution in [0.15, 0.2) is 58.3 Å². The molecule has 0 spiro atoms. The number of thioether (sulfide) groups is 1. The fraction of sp³-hybridized carbons (Fsp3) is 0.143. The van der Waals surface area contributed by atoms with E-state index in [4.69, 9.17) is 4.74 Å². The summed E-state index contributed by atoms with van der Waals surface area (Å²) in [6, 6.07) is 16.9. The van der Waals surface area contributed by atoms with E-state index < -0.39 is 0 Å². The van der Waals surface area contributed by atoms with Gasteiger partial charge in [0, 0.05) is 9.79 Å². The predicted molar refractivity (Wildman–Crippen MR) is 81.5 cm³/mol. The first-order valence-corrected chi connectivity index (χ1v) is 8.69. The molecule has 92 valence electrons. The van der Waals surface area contributed by atoms with Gasteiger partial charge in [0.15, 0.2) is 0 Å². The first-order chi connectivity index (χ1) is 8.86. The Morgan fingerprint density at radius 1 is 0.944 bits per heavy atom. The second kappa shape index (κ2) is 5.51. The van der Waals surface area contributed by atoms with Gasteiger partial charge in [0.25, 0.3) is 0 Å². The van der Waals surface area contributed by atoms with Crippen LogP contribution < -0.4 is 4.74 Å². The van der Waals surface area contributed by atoms with E-state index in [0.29, 0.717) is 4.58 Å². The molecule has 3 rings (SSSR count). The molecular weight excluding hydrogens is 280 g/mol. The SMILES string of the molecule is COc1ccc(C2SSc3ccccc3S2)cc1. The Hall–Kier alpha value is -0.710. The van der Waals surface area contributed by atoms with E-state index in [2.05, 4.69) is 36.4 Å². The maximum absolute atomic E-state index is 5.19. The van der Waals surface area contributed by atoms with Crippen LogP contribution in [-0.2, 0) is 0 Å². The molecule has 4 heteroatoms. The van der Waals surface area contributed by atoms with Gasteiger partial charge in [-0.1, -0.05) is 45.9 Å². The Kier molecular flexibility index (Phi) is 3.77. The first kappa shape index (κ1) is 12.3. The van der Waals surface area contributed by atoms with Crippen LogP contribution >= 0.6 is 33.3 Å². The van der Waals surface area contributed by atoms with Gasteiger partial charge in [0.1, 0.15) is 5.75 Å². The summed E-state index contributed by atoms with van der Waals surface area (Å²) in [4.78, 5) is 2.75. The highest BCUT2D eigenvalue weighted by Crippen LogP contribution is 2.58. The summed E-state index contributed by atoms with van der Waals surface area (Å²) < 4.78 is 5.65. The Balaban J connectivity index is 1.82. The van der Waals surface area contributed by atoms with E-state index in [1.807, 2.05) is 45.5 Å². The molecule has 0 fully saturated rings. The highest BCUT2D eigenvalue weighted by atomic mass is 33.1. The Morgan fingerprint density at radius 3 is 2.39 bits per heavy atom. The summed E-state index contributed by atoms with van der Waals surface area (Å²) >= 11 is 1.92. The van der Waals surface area contributed by atoms with Crippen molar-refractivity contribution in [2.75, 3.05) is 7.11 Å². The summed E-state index contributed by atoms with van der Waals surface area (Å²) in [5.41, 5.74) is 1.34. The van der Waals surface area contributed by atoms with Gasteiger partial charge in [-0.05, 0) is 29.8 Å². The number of ether oxygens (including phenoxy) is 1. The third-order valence-corrected chi connectivity index (χ3v) is 7.35. The van der Waals surface area contributed by atoms with Gasteiger partial charge in [0.2, 0.25) is 0 Å². The standard InChI is InChI=1S/C14H12OS3/c1-15-11-8-6-10(7-9-11)14-16-12-4-2-3-5-13(12)17-18-14/h2-9,14H,1H3. The van der Waals surface area contributed by atoms with Crippen LogP contribution in [0.25, 0.3) is 0 Å². The first-order valence-electron chi connectivity index (χ1n) is 5.60. The van der Waals surface area contributed by atoms with Crippen molar-refractivity contribution in [2.24, 2.45) is 0 Å². The third-order valence-electron chi connectivity index (χ3n) is 2.70. The quantitative estimate of drug-likeness (QED) is 0.700. The molecule has 1 unspecified atom stereocenters. The lowest BCUT2D eigenvalue weighted by atomic mass is 10.2. The van der Waals surface area contributed by atoms with Crippen LogP contribution in [0.2, 0.25) is 0 Å². The highest BCUT2D eigenvalue weighted by Gasteiger charge is 2.21. The lowest BCUT2D eigenvalue weighted by Gasteiger charge is -2.22. The van der Waals surface area contributed by atoms with Gasteiger partial charge in [-0.25, -0.2) is 0 Å². The summed E-state index contributed by atoms with van der Waals surface area (Å²) in [5, 5.41) is 0. The smallest absolute Gasteiger partial charge is 0.118 e. The number of fused-ring (bicyclic) bond motifs is 1. The molecule has 1 nitrogen and oxygen atoms in total. The van der Waals surface area contributed by atoms with Crippen LogP contribution in [0.4, 0.5) is 0 Å². The summed E-state index contributed by atoms with van der Waals surface area (Å²) in [5.74, 6) is 0.914. The fourth-order valence-electron chi connectivity index (χ4n) is 1.73. The molecule has 0 N–H and O–H groups in total. The van der Waals surface area contributed by atoms with Gasteiger partial charge in [-0.3, -0.25) is 0 Å². The molecule has 0 saturated carbocycles. The molecule has 0 saturated heterocycles.